The van der Waals surface area contributed by atoms with Crippen molar-refractivity contribution in [2.24, 2.45) is 0 Å². The molecule has 0 fully saturated rings. The molecule has 0 heterocycles. The maximum absolute atomic E-state index is 12.2. The van der Waals surface area contributed by atoms with E-state index in [0.717, 1.165) is 5.56 Å². The van der Waals surface area contributed by atoms with Crippen LogP contribution < -0.4 is 24.3 Å². The molecule has 6 heteroatoms. The second-order valence-electron chi connectivity index (χ2n) is 5.97. The van der Waals surface area contributed by atoms with E-state index in [1.165, 1.54) is 6.08 Å². The van der Waals surface area contributed by atoms with Gasteiger partial charge in [0, 0.05) is 17.8 Å². The SMILES string of the molecule is COc1ccc(NC(=O)C=Cc2ccc(OC(C)C)c(OC)c2)cc1OC. The highest BCUT2D eigenvalue weighted by Crippen LogP contribution is 2.30. The topological polar surface area (TPSA) is 66.0 Å². The molecule has 0 bridgehead atoms. The molecule has 0 saturated heterocycles. The fraction of sp³-hybridized carbons (Fsp3) is 0.286. The largest absolute Gasteiger partial charge is 0.493 e. The van der Waals surface area contributed by atoms with E-state index < -0.39 is 0 Å². The number of rotatable bonds is 8. The summed E-state index contributed by atoms with van der Waals surface area (Å²) in [5.74, 6) is 2.17. The van der Waals surface area contributed by atoms with Crippen molar-refractivity contribution in [1.82, 2.24) is 0 Å². The van der Waals surface area contributed by atoms with Crippen LogP contribution in [0.1, 0.15) is 19.4 Å². The Hall–Kier alpha value is -3.15. The Morgan fingerprint density at radius 1 is 0.889 bits per heavy atom. The molecule has 0 aliphatic rings. The van der Waals surface area contributed by atoms with Gasteiger partial charge in [-0.25, -0.2) is 0 Å². The van der Waals surface area contributed by atoms with Crippen LogP contribution in [0, 0.1) is 0 Å². The van der Waals surface area contributed by atoms with Crippen molar-refractivity contribution >= 4 is 17.7 Å². The van der Waals surface area contributed by atoms with Crippen LogP contribution in [0.15, 0.2) is 42.5 Å². The zero-order valence-electron chi connectivity index (χ0n) is 16.2. The first kappa shape index (κ1) is 20.2. The van der Waals surface area contributed by atoms with Gasteiger partial charge in [-0.2, -0.15) is 0 Å². The second kappa shape index (κ2) is 9.52. The summed E-state index contributed by atoms with van der Waals surface area (Å²) in [5, 5.41) is 2.79. The van der Waals surface area contributed by atoms with Crippen molar-refractivity contribution in [3.63, 3.8) is 0 Å². The number of nitrogens with one attached hydrogen (secondary N) is 1. The highest BCUT2D eigenvalue weighted by molar-refractivity contribution is 6.02. The highest BCUT2D eigenvalue weighted by Gasteiger charge is 2.08. The summed E-state index contributed by atoms with van der Waals surface area (Å²) in [6, 6.07) is 10.7. The third kappa shape index (κ3) is 5.67. The van der Waals surface area contributed by atoms with Gasteiger partial charge < -0.3 is 24.3 Å². The van der Waals surface area contributed by atoms with Gasteiger partial charge in [-0.3, -0.25) is 4.79 Å². The van der Waals surface area contributed by atoms with Crippen molar-refractivity contribution < 1.29 is 23.7 Å². The van der Waals surface area contributed by atoms with Gasteiger partial charge in [0.25, 0.3) is 0 Å². The molecule has 2 rings (SSSR count). The van der Waals surface area contributed by atoms with Gasteiger partial charge in [0.05, 0.1) is 27.4 Å². The lowest BCUT2D eigenvalue weighted by atomic mass is 10.2. The van der Waals surface area contributed by atoms with E-state index in [2.05, 4.69) is 5.32 Å². The van der Waals surface area contributed by atoms with Gasteiger partial charge in [-0.15, -0.1) is 0 Å². The number of benzene rings is 2. The molecule has 6 nitrogen and oxygen atoms in total. The normalized spacial score (nSPS) is 10.7. The van der Waals surface area contributed by atoms with Crippen molar-refractivity contribution in [1.29, 1.82) is 0 Å². The summed E-state index contributed by atoms with van der Waals surface area (Å²) in [4.78, 5) is 12.2. The molecule has 0 atom stereocenters. The van der Waals surface area contributed by atoms with Gasteiger partial charge in [0.1, 0.15) is 0 Å². The summed E-state index contributed by atoms with van der Waals surface area (Å²) < 4.78 is 21.5. The van der Waals surface area contributed by atoms with Crippen molar-refractivity contribution in [3.05, 3.63) is 48.0 Å². The minimum atomic E-state index is -0.260. The van der Waals surface area contributed by atoms with Crippen LogP contribution in [0.5, 0.6) is 23.0 Å². The van der Waals surface area contributed by atoms with Crippen LogP contribution in [0.2, 0.25) is 0 Å². The number of carbonyl (C=O) groups is 1. The molecule has 27 heavy (non-hydrogen) atoms. The van der Waals surface area contributed by atoms with E-state index in [-0.39, 0.29) is 12.0 Å². The predicted molar refractivity (Wildman–Crippen MR) is 106 cm³/mol. The summed E-state index contributed by atoms with van der Waals surface area (Å²) in [7, 11) is 4.69. The first-order chi connectivity index (χ1) is 13.0. The van der Waals surface area contributed by atoms with E-state index in [1.807, 2.05) is 32.0 Å². The molecule has 2 aromatic rings. The lowest BCUT2D eigenvalue weighted by Crippen LogP contribution is -2.08. The Balaban J connectivity index is 2.08. The summed E-state index contributed by atoms with van der Waals surface area (Å²) in [6.45, 7) is 3.90. The van der Waals surface area contributed by atoms with E-state index >= 15 is 0 Å². The Morgan fingerprint density at radius 2 is 1.52 bits per heavy atom. The van der Waals surface area contributed by atoms with Crippen LogP contribution in [0.25, 0.3) is 6.08 Å². The molecule has 1 N–H and O–H groups in total. The molecule has 1 amide bonds. The molecular weight excluding hydrogens is 346 g/mol. The molecule has 0 saturated carbocycles. The predicted octanol–water partition coefficient (Wildman–Crippen LogP) is 4.15. The van der Waals surface area contributed by atoms with Crippen molar-refractivity contribution in [2.45, 2.75) is 20.0 Å². The van der Waals surface area contributed by atoms with Crippen LogP contribution in [0.4, 0.5) is 5.69 Å². The molecule has 0 unspecified atom stereocenters. The summed E-state index contributed by atoms with van der Waals surface area (Å²) in [5.41, 5.74) is 1.44. The fourth-order valence-corrected chi connectivity index (χ4v) is 2.41. The smallest absolute Gasteiger partial charge is 0.248 e. The van der Waals surface area contributed by atoms with E-state index in [1.54, 1.807) is 45.6 Å². The van der Waals surface area contributed by atoms with Gasteiger partial charge in [-0.1, -0.05) is 6.07 Å². The number of hydrogen-bond donors (Lipinski definition) is 1. The molecule has 144 valence electrons. The maximum Gasteiger partial charge on any atom is 0.248 e. The minimum Gasteiger partial charge on any atom is -0.493 e. The first-order valence-electron chi connectivity index (χ1n) is 8.52. The molecule has 0 aromatic heterocycles. The highest BCUT2D eigenvalue weighted by atomic mass is 16.5. The third-order valence-electron chi connectivity index (χ3n) is 3.63. The van der Waals surface area contributed by atoms with Gasteiger partial charge in [0.15, 0.2) is 23.0 Å². The number of ether oxygens (including phenoxy) is 4. The standard InChI is InChI=1S/C21H25NO5/c1-14(2)27-18-9-6-15(12-19(18)25-4)7-11-21(23)22-16-8-10-17(24-3)20(13-16)26-5/h6-14H,1-5H3,(H,22,23). The lowest BCUT2D eigenvalue weighted by Gasteiger charge is -2.13. The quantitative estimate of drug-likeness (QED) is 0.706. The first-order valence-corrected chi connectivity index (χ1v) is 8.52. The van der Waals surface area contributed by atoms with E-state index in [0.29, 0.717) is 28.7 Å². The number of methoxy groups -OCH3 is 3. The number of carbonyl (C=O) groups excluding carboxylic acids is 1. The molecule has 0 aliphatic heterocycles. The monoisotopic (exact) mass is 371 g/mol. The Morgan fingerprint density at radius 3 is 2.15 bits per heavy atom. The minimum absolute atomic E-state index is 0.0487. The maximum atomic E-state index is 12.2. The average Bonchev–Trinajstić information content (AvgIpc) is 2.66. The lowest BCUT2D eigenvalue weighted by molar-refractivity contribution is -0.111. The number of hydrogen-bond acceptors (Lipinski definition) is 5. The van der Waals surface area contributed by atoms with Crippen LogP contribution in [-0.4, -0.2) is 33.3 Å². The molecular formula is C21H25NO5. The summed E-state index contributed by atoms with van der Waals surface area (Å²) >= 11 is 0. The Bertz CT molecular complexity index is 814. The fourth-order valence-electron chi connectivity index (χ4n) is 2.41. The zero-order valence-corrected chi connectivity index (χ0v) is 16.2. The van der Waals surface area contributed by atoms with Crippen LogP contribution in [0.3, 0.4) is 0 Å². The third-order valence-corrected chi connectivity index (χ3v) is 3.63. The van der Waals surface area contributed by atoms with E-state index in [4.69, 9.17) is 18.9 Å². The number of anilines is 1. The molecule has 2 aromatic carbocycles. The average molecular weight is 371 g/mol. The van der Waals surface area contributed by atoms with Gasteiger partial charge >= 0.3 is 0 Å². The van der Waals surface area contributed by atoms with Gasteiger partial charge in [-0.05, 0) is 49.8 Å². The second-order valence-corrected chi connectivity index (χ2v) is 5.97. The number of amides is 1. The molecule has 0 spiro atoms. The Labute approximate surface area is 159 Å². The van der Waals surface area contributed by atoms with E-state index in [9.17, 15) is 4.79 Å². The van der Waals surface area contributed by atoms with Crippen molar-refractivity contribution in [3.8, 4) is 23.0 Å². The molecule has 0 radical (unpaired) electrons. The van der Waals surface area contributed by atoms with Crippen molar-refractivity contribution in [2.75, 3.05) is 26.6 Å². The Kier molecular flexibility index (Phi) is 7.11. The van der Waals surface area contributed by atoms with Crippen LogP contribution >= 0.6 is 0 Å². The zero-order chi connectivity index (χ0) is 19.8. The molecule has 0 aliphatic carbocycles. The van der Waals surface area contributed by atoms with Gasteiger partial charge in [0.2, 0.25) is 5.91 Å². The van der Waals surface area contributed by atoms with Crippen LogP contribution in [-0.2, 0) is 4.79 Å². The summed E-state index contributed by atoms with van der Waals surface area (Å²) in [6.07, 6.45) is 3.21.